The maximum Gasteiger partial charge on any atom is 0.166 e. The van der Waals surface area contributed by atoms with Gasteiger partial charge in [0, 0.05) is 24.3 Å². The van der Waals surface area contributed by atoms with Crippen LogP contribution in [0, 0.1) is 5.92 Å². The van der Waals surface area contributed by atoms with Gasteiger partial charge in [0.05, 0.1) is 19.7 Å². The fraction of sp³-hybridized carbons (Fsp3) is 0.500. The van der Waals surface area contributed by atoms with E-state index in [1.165, 1.54) is 0 Å². The predicted octanol–water partition coefficient (Wildman–Crippen LogP) is 1.24. The van der Waals surface area contributed by atoms with Crippen molar-refractivity contribution < 1.29 is 14.8 Å². The number of piperidine rings is 1. The highest BCUT2D eigenvalue weighted by Crippen LogP contribution is 2.19. The van der Waals surface area contributed by atoms with Crippen LogP contribution in [0.1, 0.15) is 30.1 Å². The summed E-state index contributed by atoms with van der Waals surface area (Å²) < 4.78 is 5.37. The molecule has 1 aromatic rings. The van der Waals surface area contributed by atoms with Gasteiger partial charge in [-0.3, -0.25) is 4.79 Å². The van der Waals surface area contributed by atoms with E-state index < -0.39 is 0 Å². The summed E-state index contributed by atoms with van der Waals surface area (Å²) in [5.41, 5.74) is 0.820. The van der Waals surface area contributed by atoms with Gasteiger partial charge in [0.2, 0.25) is 0 Å². The van der Waals surface area contributed by atoms with Crippen LogP contribution in [0.5, 0.6) is 5.75 Å². The van der Waals surface area contributed by atoms with Gasteiger partial charge >= 0.3 is 0 Å². The average Bonchev–Trinajstić information content (AvgIpc) is 2.40. The molecule has 3 nitrogen and oxygen atoms in total. The first kappa shape index (κ1) is 12.1. The standard InChI is InChI=1S/C14H19NO2/c1-2-17-13-5-3-11(4-6-13)14(16)12-7-9-15-10-8-12/h3-6,12,15H,2,7-10H2,1H3/p+1. The van der Waals surface area contributed by atoms with E-state index in [1.807, 2.05) is 31.2 Å². The van der Waals surface area contributed by atoms with Crippen molar-refractivity contribution in [2.45, 2.75) is 19.8 Å². The van der Waals surface area contributed by atoms with Crippen molar-refractivity contribution >= 4 is 5.78 Å². The highest BCUT2D eigenvalue weighted by molar-refractivity contribution is 5.97. The number of carbonyl (C=O) groups excluding carboxylic acids is 1. The summed E-state index contributed by atoms with van der Waals surface area (Å²) in [5.74, 6) is 1.35. The Balaban J connectivity index is 2.03. The molecule has 2 N–H and O–H groups in total. The number of Topliss-reactive ketones (excluding diaryl/α,β-unsaturated/α-hetero) is 1. The van der Waals surface area contributed by atoms with Crippen LogP contribution in [-0.4, -0.2) is 25.5 Å². The highest BCUT2D eigenvalue weighted by atomic mass is 16.5. The molecule has 2 rings (SSSR count). The Morgan fingerprint density at radius 1 is 1.29 bits per heavy atom. The average molecular weight is 234 g/mol. The lowest BCUT2D eigenvalue weighted by Crippen LogP contribution is -2.86. The maximum atomic E-state index is 12.2. The predicted molar refractivity (Wildman–Crippen MR) is 66.3 cm³/mol. The zero-order chi connectivity index (χ0) is 12.1. The number of ether oxygens (including phenoxy) is 1. The zero-order valence-electron chi connectivity index (χ0n) is 10.3. The van der Waals surface area contributed by atoms with Gasteiger partial charge in [-0.05, 0) is 31.2 Å². The maximum absolute atomic E-state index is 12.2. The first-order valence-corrected chi connectivity index (χ1v) is 6.40. The minimum Gasteiger partial charge on any atom is -0.494 e. The van der Waals surface area contributed by atoms with Gasteiger partial charge in [-0.1, -0.05) is 0 Å². The normalized spacial score (nSPS) is 16.8. The van der Waals surface area contributed by atoms with E-state index in [0.29, 0.717) is 12.4 Å². The summed E-state index contributed by atoms with van der Waals surface area (Å²) in [6.45, 7) is 4.77. The van der Waals surface area contributed by atoms with Crippen LogP contribution in [-0.2, 0) is 0 Å². The summed E-state index contributed by atoms with van der Waals surface area (Å²) in [5, 5.41) is 2.28. The molecule has 3 heteroatoms. The lowest BCUT2D eigenvalue weighted by Gasteiger charge is -2.19. The van der Waals surface area contributed by atoms with E-state index >= 15 is 0 Å². The van der Waals surface area contributed by atoms with E-state index in [9.17, 15) is 4.79 Å². The van der Waals surface area contributed by atoms with Crippen LogP contribution < -0.4 is 10.1 Å². The second-order valence-electron chi connectivity index (χ2n) is 4.46. The molecule has 0 aliphatic carbocycles. The van der Waals surface area contributed by atoms with Crippen LogP contribution in [0.25, 0.3) is 0 Å². The van der Waals surface area contributed by atoms with E-state index in [-0.39, 0.29) is 5.92 Å². The van der Waals surface area contributed by atoms with E-state index in [4.69, 9.17) is 4.74 Å². The van der Waals surface area contributed by atoms with Gasteiger partial charge in [-0.25, -0.2) is 0 Å². The molecule has 1 aliphatic heterocycles. The largest absolute Gasteiger partial charge is 0.494 e. The molecule has 1 aromatic carbocycles. The summed E-state index contributed by atoms with van der Waals surface area (Å²) in [7, 11) is 0. The van der Waals surface area contributed by atoms with E-state index in [1.54, 1.807) is 0 Å². The smallest absolute Gasteiger partial charge is 0.166 e. The first-order chi connectivity index (χ1) is 8.31. The molecule has 0 atom stereocenters. The summed E-state index contributed by atoms with van der Waals surface area (Å²) in [6, 6.07) is 7.52. The van der Waals surface area contributed by atoms with Crippen molar-refractivity contribution in [3.63, 3.8) is 0 Å². The van der Waals surface area contributed by atoms with Crippen molar-refractivity contribution in [3.8, 4) is 5.75 Å². The zero-order valence-corrected chi connectivity index (χ0v) is 10.3. The van der Waals surface area contributed by atoms with Crippen LogP contribution in [0.15, 0.2) is 24.3 Å². The van der Waals surface area contributed by atoms with Crippen molar-refractivity contribution in [2.24, 2.45) is 5.92 Å². The molecule has 0 amide bonds. The van der Waals surface area contributed by atoms with Gasteiger partial charge in [0.25, 0.3) is 0 Å². The van der Waals surface area contributed by atoms with Gasteiger partial charge < -0.3 is 10.1 Å². The molecule has 1 heterocycles. The Morgan fingerprint density at radius 2 is 1.94 bits per heavy atom. The summed E-state index contributed by atoms with van der Waals surface area (Å²) >= 11 is 0. The Hall–Kier alpha value is -1.35. The third kappa shape index (κ3) is 3.07. The molecule has 0 radical (unpaired) electrons. The van der Waals surface area contributed by atoms with Crippen molar-refractivity contribution in [1.29, 1.82) is 0 Å². The lowest BCUT2D eigenvalue weighted by atomic mass is 9.90. The molecule has 1 aliphatic rings. The van der Waals surface area contributed by atoms with Gasteiger partial charge in [-0.15, -0.1) is 0 Å². The molecule has 0 bridgehead atoms. The van der Waals surface area contributed by atoms with E-state index in [0.717, 1.165) is 37.2 Å². The van der Waals surface area contributed by atoms with Crippen LogP contribution in [0.3, 0.4) is 0 Å². The summed E-state index contributed by atoms with van der Waals surface area (Å²) in [4.78, 5) is 12.2. The van der Waals surface area contributed by atoms with Crippen LogP contribution >= 0.6 is 0 Å². The summed E-state index contributed by atoms with van der Waals surface area (Å²) in [6.07, 6.45) is 2.01. The second-order valence-corrected chi connectivity index (χ2v) is 4.46. The lowest BCUT2D eigenvalue weighted by molar-refractivity contribution is -0.663. The molecule has 1 fully saturated rings. The molecule has 17 heavy (non-hydrogen) atoms. The molecular formula is C14H20NO2+. The third-order valence-corrected chi connectivity index (χ3v) is 3.26. The minimum atomic E-state index is 0.220. The fourth-order valence-electron chi connectivity index (χ4n) is 2.31. The molecule has 0 unspecified atom stereocenters. The van der Waals surface area contributed by atoms with Gasteiger partial charge in [0.1, 0.15) is 5.75 Å². The minimum absolute atomic E-state index is 0.220. The second kappa shape index (κ2) is 5.82. The Bertz CT molecular complexity index is 366. The highest BCUT2D eigenvalue weighted by Gasteiger charge is 2.23. The number of carbonyl (C=O) groups is 1. The van der Waals surface area contributed by atoms with Crippen LogP contribution in [0.4, 0.5) is 0 Å². The number of rotatable bonds is 4. The number of hydrogen-bond acceptors (Lipinski definition) is 2. The Kier molecular flexibility index (Phi) is 4.15. The van der Waals surface area contributed by atoms with Gasteiger partial charge in [-0.2, -0.15) is 0 Å². The molecule has 92 valence electrons. The number of ketones is 1. The monoisotopic (exact) mass is 234 g/mol. The van der Waals surface area contributed by atoms with Crippen molar-refractivity contribution in [2.75, 3.05) is 19.7 Å². The Morgan fingerprint density at radius 3 is 2.53 bits per heavy atom. The number of quaternary nitrogens is 1. The topological polar surface area (TPSA) is 42.9 Å². The molecule has 0 saturated carbocycles. The Labute approximate surface area is 102 Å². The number of hydrogen-bond donors (Lipinski definition) is 1. The van der Waals surface area contributed by atoms with E-state index in [2.05, 4.69) is 5.32 Å². The molecular weight excluding hydrogens is 214 g/mol. The quantitative estimate of drug-likeness (QED) is 0.797. The SMILES string of the molecule is CCOc1ccc(C(=O)C2CC[NH2+]CC2)cc1. The third-order valence-electron chi connectivity index (χ3n) is 3.26. The fourth-order valence-corrected chi connectivity index (χ4v) is 2.31. The number of nitrogens with two attached hydrogens (primary N) is 1. The van der Waals surface area contributed by atoms with Crippen molar-refractivity contribution in [1.82, 2.24) is 0 Å². The molecule has 0 spiro atoms. The van der Waals surface area contributed by atoms with Crippen molar-refractivity contribution in [3.05, 3.63) is 29.8 Å². The number of benzene rings is 1. The van der Waals surface area contributed by atoms with Crippen LogP contribution in [0.2, 0.25) is 0 Å². The van der Waals surface area contributed by atoms with Gasteiger partial charge in [0.15, 0.2) is 5.78 Å². The molecule has 1 saturated heterocycles. The first-order valence-electron chi connectivity index (χ1n) is 6.40. The molecule has 0 aromatic heterocycles.